The van der Waals surface area contributed by atoms with Gasteiger partial charge in [0.15, 0.2) is 5.65 Å². The summed E-state index contributed by atoms with van der Waals surface area (Å²) in [6, 6.07) is 2.40. The van der Waals surface area contributed by atoms with E-state index in [-0.39, 0.29) is 18.0 Å². The average Bonchev–Trinajstić information content (AvgIpc) is 3.18. The topological polar surface area (TPSA) is 78.7 Å². The minimum Gasteiger partial charge on any atom is -0.356 e. The summed E-state index contributed by atoms with van der Waals surface area (Å²) in [5.74, 6) is 0.139. The van der Waals surface area contributed by atoms with E-state index in [1.807, 2.05) is 26.8 Å². The molecule has 0 bridgehead atoms. The molecule has 1 aliphatic heterocycles. The van der Waals surface area contributed by atoms with Crippen LogP contribution in [0.4, 0.5) is 11.4 Å². The molecular weight excluding hydrogens is 354 g/mol. The Bertz CT molecular complexity index is 791. The van der Waals surface area contributed by atoms with Gasteiger partial charge in [0, 0.05) is 25.6 Å². The minimum absolute atomic E-state index is 0.0298. The largest absolute Gasteiger partial charge is 0.356 e. The molecule has 0 spiro atoms. The lowest BCUT2D eigenvalue weighted by molar-refractivity contribution is -0.123. The van der Waals surface area contributed by atoms with Crippen molar-refractivity contribution in [1.82, 2.24) is 25.4 Å². The van der Waals surface area contributed by atoms with Crippen molar-refractivity contribution >= 4 is 34.5 Å². The predicted octanol–water partition coefficient (Wildman–Crippen LogP) is 2.15. The monoisotopic (exact) mass is 379 g/mol. The zero-order valence-corrected chi connectivity index (χ0v) is 16.5. The molecule has 0 aromatic carbocycles. The summed E-state index contributed by atoms with van der Waals surface area (Å²) in [4.78, 5) is 16.1. The Hall–Kier alpha value is -2.09. The van der Waals surface area contributed by atoms with Gasteiger partial charge in [-0.15, -0.1) is 16.7 Å². The normalized spacial score (nSPS) is 16.6. The van der Waals surface area contributed by atoms with E-state index in [2.05, 4.69) is 37.7 Å². The molecule has 2 aromatic heterocycles. The summed E-state index contributed by atoms with van der Waals surface area (Å²) >= 11 is 6.27. The van der Waals surface area contributed by atoms with Gasteiger partial charge in [-0.1, -0.05) is 13.8 Å². The number of aryl methyl sites for hydroxylation is 1. The SMILES string of the molecule is Cc1c2c(cc3nnnn13)N(CCl)C(CCCCNC(=O)C(C)C)N2C. The number of carbonyl (C=O) groups is 1. The van der Waals surface area contributed by atoms with Gasteiger partial charge in [-0.05, 0) is 36.6 Å². The van der Waals surface area contributed by atoms with Crippen LogP contribution in [0.1, 0.15) is 38.8 Å². The molecule has 2 aromatic rings. The van der Waals surface area contributed by atoms with Gasteiger partial charge >= 0.3 is 0 Å². The first-order chi connectivity index (χ1) is 12.5. The molecule has 1 amide bonds. The maximum atomic E-state index is 11.6. The number of fused-ring (bicyclic) bond motifs is 2. The quantitative estimate of drug-likeness (QED) is 0.451. The van der Waals surface area contributed by atoms with Gasteiger partial charge in [-0.3, -0.25) is 4.79 Å². The maximum Gasteiger partial charge on any atom is 0.222 e. The molecule has 0 saturated carbocycles. The van der Waals surface area contributed by atoms with Crippen LogP contribution in [0.5, 0.6) is 0 Å². The van der Waals surface area contributed by atoms with Crippen LogP contribution in [0.3, 0.4) is 0 Å². The third kappa shape index (κ3) is 3.30. The number of rotatable bonds is 7. The molecule has 3 rings (SSSR count). The van der Waals surface area contributed by atoms with Crippen molar-refractivity contribution in [1.29, 1.82) is 0 Å². The highest BCUT2D eigenvalue weighted by Crippen LogP contribution is 2.42. The number of alkyl halides is 1. The second-order valence-electron chi connectivity index (χ2n) is 7.03. The summed E-state index contributed by atoms with van der Waals surface area (Å²) < 4.78 is 1.76. The van der Waals surface area contributed by atoms with Gasteiger partial charge < -0.3 is 15.1 Å². The summed E-state index contributed by atoms with van der Waals surface area (Å²) in [7, 11) is 2.08. The van der Waals surface area contributed by atoms with Gasteiger partial charge in [0.25, 0.3) is 0 Å². The van der Waals surface area contributed by atoms with Crippen LogP contribution in [0.2, 0.25) is 0 Å². The lowest BCUT2D eigenvalue weighted by atomic mass is 10.1. The van der Waals surface area contributed by atoms with E-state index in [0.717, 1.165) is 42.0 Å². The first-order valence-corrected chi connectivity index (χ1v) is 9.54. The van der Waals surface area contributed by atoms with Crippen LogP contribution < -0.4 is 15.1 Å². The second-order valence-corrected chi connectivity index (χ2v) is 7.27. The van der Waals surface area contributed by atoms with Crippen LogP contribution in [-0.2, 0) is 4.79 Å². The van der Waals surface area contributed by atoms with Gasteiger partial charge in [0.1, 0.15) is 6.17 Å². The molecule has 9 heteroatoms. The fourth-order valence-electron chi connectivity index (χ4n) is 3.53. The van der Waals surface area contributed by atoms with E-state index in [9.17, 15) is 4.79 Å². The number of hydrogen-bond acceptors (Lipinski definition) is 6. The van der Waals surface area contributed by atoms with Crippen molar-refractivity contribution in [3.05, 3.63) is 11.8 Å². The molecule has 0 saturated heterocycles. The number of unbranched alkanes of at least 4 members (excludes halogenated alkanes) is 1. The number of carbonyl (C=O) groups excluding carboxylic acids is 1. The molecule has 8 nitrogen and oxygen atoms in total. The molecule has 1 N–H and O–H groups in total. The van der Waals surface area contributed by atoms with E-state index in [1.165, 1.54) is 0 Å². The fourth-order valence-corrected chi connectivity index (χ4v) is 3.82. The van der Waals surface area contributed by atoms with E-state index < -0.39 is 0 Å². The molecule has 1 aliphatic rings. The molecule has 0 radical (unpaired) electrons. The molecule has 3 heterocycles. The van der Waals surface area contributed by atoms with Crippen LogP contribution in [0.25, 0.3) is 5.65 Å². The van der Waals surface area contributed by atoms with Crippen molar-refractivity contribution in [3.63, 3.8) is 0 Å². The summed E-state index contributed by atoms with van der Waals surface area (Å²) in [6.07, 6.45) is 3.10. The third-order valence-electron chi connectivity index (χ3n) is 4.97. The number of anilines is 2. The van der Waals surface area contributed by atoms with Crippen molar-refractivity contribution in [2.45, 2.75) is 46.2 Å². The predicted molar refractivity (Wildman–Crippen MR) is 103 cm³/mol. The Morgan fingerprint density at radius 2 is 2.15 bits per heavy atom. The fraction of sp³-hybridized carbons (Fsp3) is 0.647. The zero-order chi connectivity index (χ0) is 18.8. The highest BCUT2D eigenvalue weighted by molar-refractivity contribution is 6.19. The summed E-state index contributed by atoms with van der Waals surface area (Å²) in [5.41, 5.74) is 3.91. The Labute approximate surface area is 158 Å². The maximum absolute atomic E-state index is 11.6. The highest BCUT2D eigenvalue weighted by Gasteiger charge is 2.35. The van der Waals surface area contributed by atoms with Crippen molar-refractivity contribution in [3.8, 4) is 0 Å². The Balaban J connectivity index is 1.67. The van der Waals surface area contributed by atoms with E-state index >= 15 is 0 Å². The summed E-state index contributed by atoms with van der Waals surface area (Å²) in [5, 5.41) is 14.8. The van der Waals surface area contributed by atoms with Crippen LogP contribution in [0, 0.1) is 12.8 Å². The first kappa shape index (κ1) is 18.7. The van der Waals surface area contributed by atoms with Gasteiger partial charge in [-0.25, -0.2) is 0 Å². The minimum atomic E-state index is 0.0298. The van der Waals surface area contributed by atoms with Crippen LogP contribution in [-0.4, -0.2) is 51.7 Å². The van der Waals surface area contributed by atoms with Gasteiger partial charge in [0.05, 0.1) is 23.1 Å². The molecule has 26 heavy (non-hydrogen) atoms. The Kier molecular flexibility index (Phi) is 5.50. The number of nitrogens with zero attached hydrogens (tertiary/aromatic N) is 6. The lowest BCUT2D eigenvalue weighted by Gasteiger charge is -2.29. The number of nitrogens with one attached hydrogen (secondary N) is 1. The van der Waals surface area contributed by atoms with Crippen molar-refractivity contribution in [2.24, 2.45) is 5.92 Å². The summed E-state index contributed by atoms with van der Waals surface area (Å²) in [6.45, 7) is 6.54. The number of halogens is 1. The molecular formula is C17H26ClN7O. The Morgan fingerprint density at radius 1 is 1.38 bits per heavy atom. The number of aromatic nitrogens is 4. The van der Waals surface area contributed by atoms with Crippen molar-refractivity contribution < 1.29 is 4.79 Å². The van der Waals surface area contributed by atoms with Crippen molar-refractivity contribution in [2.75, 3.05) is 29.4 Å². The molecule has 0 fully saturated rings. The standard InChI is InChI=1S/C17H26ClN7O/c1-11(2)17(26)19-8-6-5-7-15-23(4)16-12(3)25-14(20-21-22-25)9-13(16)24(15)10-18/h9,11,15H,5-8,10H2,1-4H3,(H,19,26). The highest BCUT2D eigenvalue weighted by atomic mass is 35.5. The number of hydrogen-bond donors (Lipinski definition) is 1. The second kappa shape index (κ2) is 7.65. The molecule has 142 valence electrons. The number of tetrazole rings is 1. The number of pyridine rings is 1. The van der Waals surface area contributed by atoms with Gasteiger partial charge in [0.2, 0.25) is 5.91 Å². The molecule has 1 atom stereocenters. The van der Waals surface area contributed by atoms with E-state index in [4.69, 9.17) is 11.6 Å². The molecule has 1 unspecified atom stereocenters. The van der Waals surface area contributed by atoms with Gasteiger partial charge in [-0.2, -0.15) is 4.52 Å². The molecule has 0 aliphatic carbocycles. The van der Waals surface area contributed by atoms with E-state index in [1.54, 1.807) is 4.52 Å². The van der Waals surface area contributed by atoms with Crippen LogP contribution >= 0.6 is 11.6 Å². The third-order valence-corrected chi connectivity index (χ3v) is 5.23. The average molecular weight is 380 g/mol. The first-order valence-electron chi connectivity index (χ1n) is 9.00. The van der Waals surface area contributed by atoms with E-state index in [0.29, 0.717) is 12.5 Å². The smallest absolute Gasteiger partial charge is 0.222 e. The number of amides is 1. The zero-order valence-electron chi connectivity index (χ0n) is 15.7. The van der Waals surface area contributed by atoms with Crippen LogP contribution in [0.15, 0.2) is 6.07 Å². The Morgan fingerprint density at radius 3 is 2.85 bits per heavy atom. The lowest BCUT2D eigenvalue weighted by Crippen LogP contribution is -2.41.